The second kappa shape index (κ2) is 6.71. The van der Waals surface area contributed by atoms with E-state index in [1.807, 2.05) is 43.3 Å². The summed E-state index contributed by atoms with van der Waals surface area (Å²) < 4.78 is 11.4. The van der Waals surface area contributed by atoms with Gasteiger partial charge in [0.15, 0.2) is 5.58 Å². The van der Waals surface area contributed by atoms with Crippen LogP contribution in [0.1, 0.15) is 16.8 Å². The quantitative estimate of drug-likeness (QED) is 0.563. The Bertz CT molecular complexity index is 783. The Morgan fingerprint density at radius 2 is 1.95 bits per heavy atom. The van der Waals surface area contributed by atoms with E-state index in [-0.39, 0.29) is 0 Å². The number of benzene rings is 2. The van der Waals surface area contributed by atoms with Gasteiger partial charge in [0.25, 0.3) is 0 Å². The molecule has 3 rings (SSSR count). The van der Waals surface area contributed by atoms with Gasteiger partial charge in [-0.05, 0) is 36.8 Å². The number of aromatic nitrogens is 1. The molecule has 5 heteroatoms. The van der Waals surface area contributed by atoms with E-state index < -0.39 is 0 Å². The fourth-order valence-electron chi connectivity index (χ4n) is 2.34. The van der Waals surface area contributed by atoms with Crippen LogP contribution in [-0.2, 0) is 13.0 Å². The maximum Gasteiger partial charge on any atom is 0.173 e. The van der Waals surface area contributed by atoms with Crippen LogP contribution in [0.25, 0.3) is 11.0 Å². The van der Waals surface area contributed by atoms with Crippen LogP contribution in [0.4, 0.5) is 0 Å². The maximum atomic E-state index is 5.90. The summed E-state index contributed by atoms with van der Waals surface area (Å²) in [6.07, 6.45) is 0.845. The van der Waals surface area contributed by atoms with Gasteiger partial charge in [0.05, 0.1) is 5.69 Å². The third-order valence-electron chi connectivity index (χ3n) is 3.55. The van der Waals surface area contributed by atoms with Crippen molar-refractivity contribution in [1.82, 2.24) is 5.16 Å². The van der Waals surface area contributed by atoms with Gasteiger partial charge in [-0.3, -0.25) is 0 Å². The summed E-state index contributed by atoms with van der Waals surface area (Å²) in [5.74, 6) is 0.809. The number of hydrogen-bond acceptors (Lipinski definition) is 3. The molecule has 0 aliphatic rings. The fourth-order valence-corrected chi connectivity index (χ4v) is 2.84. The number of hydrogen-bond donors (Lipinski definition) is 0. The van der Waals surface area contributed by atoms with Crippen molar-refractivity contribution >= 4 is 38.5 Å². The van der Waals surface area contributed by atoms with Crippen LogP contribution in [0, 0.1) is 6.92 Å². The third kappa shape index (κ3) is 3.13. The molecule has 0 amide bonds. The van der Waals surface area contributed by atoms with E-state index in [1.54, 1.807) is 0 Å². The SMILES string of the molecule is Cc1c(OCc2ccc(Cl)cc2)ccc2c(CCBr)noc12. The Kier molecular flexibility index (Phi) is 4.69. The first-order valence-corrected chi connectivity index (χ1v) is 8.50. The molecule has 0 radical (unpaired) electrons. The Balaban J connectivity index is 1.82. The van der Waals surface area contributed by atoms with Crippen molar-refractivity contribution in [3.63, 3.8) is 0 Å². The molecule has 1 heterocycles. The molecule has 0 aliphatic heterocycles. The Morgan fingerprint density at radius 3 is 2.68 bits per heavy atom. The zero-order valence-corrected chi connectivity index (χ0v) is 14.4. The van der Waals surface area contributed by atoms with Crippen LogP contribution in [0.5, 0.6) is 5.75 Å². The van der Waals surface area contributed by atoms with Gasteiger partial charge in [-0.15, -0.1) is 0 Å². The second-order valence-corrected chi connectivity index (χ2v) is 6.28. The number of rotatable bonds is 5. The molecule has 22 heavy (non-hydrogen) atoms. The van der Waals surface area contributed by atoms with Crippen LogP contribution in [0.2, 0.25) is 5.02 Å². The molecule has 0 saturated heterocycles. The van der Waals surface area contributed by atoms with Gasteiger partial charge in [-0.25, -0.2) is 0 Å². The van der Waals surface area contributed by atoms with E-state index in [1.165, 1.54) is 0 Å². The molecule has 0 unspecified atom stereocenters. The Hall–Kier alpha value is -1.52. The summed E-state index contributed by atoms with van der Waals surface area (Å²) in [7, 11) is 0. The summed E-state index contributed by atoms with van der Waals surface area (Å²) in [4.78, 5) is 0. The molecular weight excluding hydrogens is 366 g/mol. The summed E-state index contributed by atoms with van der Waals surface area (Å²) in [6, 6.07) is 11.6. The highest BCUT2D eigenvalue weighted by Gasteiger charge is 2.13. The van der Waals surface area contributed by atoms with Crippen molar-refractivity contribution in [2.75, 3.05) is 5.33 Å². The zero-order valence-electron chi connectivity index (χ0n) is 12.1. The van der Waals surface area contributed by atoms with E-state index in [0.29, 0.717) is 6.61 Å². The van der Waals surface area contributed by atoms with Gasteiger partial charge in [0.2, 0.25) is 0 Å². The van der Waals surface area contributed by atoms with Crippen molar-refractivity contribution in [1.29, 1.82) is 0 Å². The summed E-state index contributed by atoms with van der Waals surface area (Å²) in [5, 5.41) is 6.78. The van der Waals surface area contributed by atoms with E-state index in [2.05, 4.69) is 21.1 Å². The highest BCUT2D eigenvalue weighted by Crippen LogP contribution is 2.30. The molecule has 1 aromatic heterocycles. The van der Waals surface area contributed by atoms with Gasteiger partial charge in [-0.1, -0.05) is 44.8 Å². The average molecular weight is 381 g/mol. The second-order valence-electron chi connectivity index (χ2n) is 5.05. The van der Waals surface area contributed by atoms with Crippen molar-refractivity contribution in [2.24, 2.45) is 0 Å². The number of aryl methyl sites for hydroxylation is 2. The number of alkyl halides is 1. The lowest BCUT2D eigenvalue weighted by molar-refractivity contribution is 0.303. The molecule has 0 aliphatic carbocycles. The molecule has 0 spiro atoms. The molecule has 3 aromatic rings. The Morgan fingerprint density at radius 1 is 1.18 bits per heavy atom. The van der Waals surface area contributed by atoms with E-state index in [9.17, 15) is 0 Å². The standard InChI is InChI=1S/C17H15BrClNO2/c1-11-16(21-10-12-2-4-13(19)5-3-12)7-6-14-15(8-9-18)20-22-17(11)14/h2-7H,8-10H2,1H3. The highest BCUT2D eigenvalue weighted by molar-refractivity contribution is 9.09. The van der Waals surface area contributed by atoms with Crippen molar-refractivity contribution in [3.05, 3.63) is 58.2 Å². The molecule has 0 atom stereocenters. The van der Waals surface area contributed by atoms with Crippen LogP contribution < -0.4 is 4.74 Å². The summed E-state index contributed by atoms with van der Waals surface area (Å²) in [6.45, 7) is 2.48. The van der Waals surface area contributed by atoms with Crippen molar-refractivity contribution < 1.29 is 9.26 Å². The maximum absolute atomic E-state index is 5.90. The van der Waals surface area contributed by atoms with Gasteiger partial charge in [0.1, 0.15) is 12.4 Å². The number of fused-ring (bicyclic) bond motifs is 1. The molecule has 0 bridgehead atoms. The highest BCUT2D eigenvalue weighted by atomic mass is 79.9. The molecule has 114 valence electrons. The summed E-state index contributed by atoms with van der Waals surface area (Å²) in [5.41, 5.74) is 3.81. The smallest absolute Gasteiger partial charge is 0.173 e. The first-order chi connectivity index (χ1) is 10.7. The van der Waals surface area contributed by atoms with Crippen LogP contribution in [0.3, 0.4) is 0 Å². The normalized spacial score (nSPS) is 11.0. The predicted molar refractivity (Wildman–Crippen MR) is 92.0 cm³/mol. The van der Waals surface area contributed by atoms with Crippen LogP contribution in [-0.4, -0.2) is 10.5 Å². The number of ether oxygens (including phenoxy) is 1. The molecule has 2 aromatic carbocycles. The molecule has 0 fully saturated rings. The molecular formula is C17H15BrClNO2. The van der Waals surface area contributed by atoms with Gasteiger partial charge < -0.3 is 9.26 Å². The minimum absolute atomic E-state index is 0.492. The average Bonchev–Trinajstić information content (AvgIpc) is 2.93. The van der Waals surface area contributed by atoms with Crippen molar-refractivity contribution in [2.45, 2.75) is 20.0 Å². The van der Waals surface area contributed by atoms with Crippen molar-refractivity contribution in [3.8, 4) is 5.75 Å². The van der Waals surface area contributed by atoms with Crippen LogP contribution in [0.15, 0.2) is 40.9 Å². The molecule has 0 saturated carbocycles. The van der Waals surface area contributed by atoms with Gasteiger partial charge in [-0.2, -0.15) is 0 Å². The lowest BCUT2D eigenvalue weighted by Gasteiger charge is -2.09. The van der Waals surface area contributed by atoms with E-state index >= 15 is 0 Å². The number of nitrogens with zero attached hydrogens (tertiary/aromatic N) is 1. The van der Waals surface area contributed by atoms with E-state index in [4.69, 9.17) is 20.9 Å². The first kappa shape index (κ1) is 15.4. The molecule has 0 N–H and O–H groups in total. The monoisotopic (exact) mass is 379 g/mol. The lowest BCUT2D eigenvalue weighted by atomic mass is 10.1. The van der Waals surface area contributed by atoms with Gasteiger partial charge in [0, 0.05) is 27.7 Å². The van der Waals surface area contributed by atoms with Crippen LogP contribution >= 0.6 is 27.5 Å². The minimum atomic E-state index is 0.492. The fraction of sp³-hybridized carbons (Fsp3) is 0.235. The van der Waals surface area contributed by atoms with Gasteiger partial charge >= 0.3 is 0 Å². The minimum Gasteiger partial charge on any atom is -0.488 e. The lowest BCUT2D eigenvalue weighted by Crippen LogP contribution is -1.97. The first-order valence-electron chi connectivity index (χ1n) is 7.00. The molecule has 3 nitrogen and oxygen atoms in total. The largest absolute Gasteiger partial charge is 0.488 e. The third-order valence-corrected chi connectivity index (χ3v) is 4.20. The topological polar surface area (TPSA) is 35.3 Å². The summed E-state index contributed by atoms with van der Waals surface area (Å²) >= 11 is 9.31. The zero-order chi connectivity index (χ0) is 15.5. The Labute approximate surface area is 142 Å². The van der Waals surface area contributed by atoms with E-state index in [0.717, 1.165) is 50.3 Å². The number of halogens is 2. The predicted octanol–water partition coefficient (Wildman–Crippen LogP) is 5.31.